The SMILES string of the molecule is CC(C)[As](c1ccccc1[As](c1ccccc1[As](C(C)C)C(C)C)c1ccccc1[As](C(C)C)C(C)C)C(C)C. The Labute approximate surface area is 266 Å². The second-order valence-electron chi connectivity index (χ2n) is 12.6. The predicted molar refractivity (Wildman–Crippen MR) is 191 cm³/mol. The van der Waals surface area contributed by atoms with E-state index in [2.05, 4.69) is 156 Å². The van der Waals surface area contributed by atoms with Crippen molar-refractivity contribution in [2.45, 2.75) is 111 Å². The van der Waals surface area contributed by atoms with E-state index < -0.39 is 58.6 Å². The molecule has 0 spiro atoms. The van der Waals surface area contributed by atoms with E-state index in [4.69, 9.17) is 0 Å². The minimum atomic E-state index is -1.84. The second-order valence-corrected chi connectivity index (χ2v) is 38.2. The summed E-state index contributed by atoms with van der Waals surface area (Å²) in [5, 5.41) is 0. The third kappa shape index (κ3) is 7.88. The van der Waals surface area contributed by atoms with Crippen LogP contribution in [0.1, 0.15) is 83.1 Å². The molecule has 0 aliphatic heterocycles. The summed E-state index contributed by atoms with van der Waals surface area (Å²) in [6.45, 7) is 30.0. The molecule has 0 aliphatic rings. The Kier molecular flexibility index (Phi) is 13.4. The number of rotatable bonds is 12. The first-order chi connectivity index (χ1) is 18.9. The quantitative estimate of drug-likeness (QED) is 0.178. The molecule has 0 N–H and O–H groups in total. The van der Waals surface area contributed by atoms with Crippen LogP contribution >= 0.6 is 0 Å². The van der Waals surface area contributed by atoms with Crippen LogP contribution in [-0.4, -0.2) is 58.6 Å². The Morgan fingerprint density at radius 2 is 0.475 bits per heavy atom. The molecule has 218 valence electrons. The molecule has 0 radical (unpaired) electrons. The standard InChI is InChI=1S/C36H54As4/c1-25(2)37(26(3)4)31-19-13-16-22-34(31)40(35-23-17-14-20-32(35)38(27(5)6)28(7)8)36-24-18-15-21-33(36)39(29(9)10)30(11)12/h13-30H,1-12H3. The Hall–Kier alpha value is -0.106. The summed E-state index contributed by atoms with van der Waals surface area (Å²) in [5.41, 5.74) is 0. The average molecular weight is 787 g/mol. The molecule has 3 aromatic carbocycles. The van der Waals surface area contributed by atoms with Crippen molar-refractivity contribution in [2.75, 3.05) is 0 Å². The predicted octanol–water partition coefficient (Wildman–Crippen LogP) is 6.77. The van der Waals surface area contributed by atoms with Crippen molar-refractivity contribution in [1.82, 2.24) is 0 Å². The van der Waals surface area contributed by atoms with E-state index in [9.17, 15) is 0 Å². The van der Waals surface area contributed by atoms with Crippen molar-refractivity contribution in [3.8, 4) is 0 Å². The van der Waals surface area contributed by atoms with Gasteiger partial charge in [-0.3, -0.25) is 0 Å². The first kappa shape index (κ1) is 34.4. The van der Waals surface area contributed by atoms with Gasteiger partial charge in [0.05, 0.1) is 0 Å². The van der Waals surface area contributed by atoms with Crippen molar-refractivity contribution in [3.63, 3.8) is 0 Å². The van der Waals surface area contributed by atoms with Crippen molar-refractivity contribution < 1.29 is 0 Å². The van der Waals surface area contributed by atoms with Crippen molar-refractivity contribution in [1.29, 1.82) is 0 Å². The van der Waals surface area contributed by atoms with Crippen LogP contribution in [0.25, 0.3) is 0 Å². The van der Waals surface area contributed by atoms with Gasteiger partial charge in [-0.1, -0.05) is 0 Å². The third-order valence-electron chi connectivity index (χ3n) is 7.54. The molecule has 0 aromatic heterocycles. The number of hydrogen-bond acceptors (Lipinski definition) is 0. The van der Waals surface area contributed by atoms with Gasteiger partial charge in [0, 0.05) is 0 Å². The van der Waals surface area contributed by atoms with Gasteiger partial charge in [0.25, 0.3) is 0 Å². The summed E-state index contributed by atoms with van der Waals surface area (Å²) < 4.78 is 15.1. The van der Waals surface area contributed by atoms with Crippen molar-refractivity contribution >= 4 is 84.7 Å². The van der Waals surface area contributed by atoms with Crippen molar-refractivity contribution in [3.05, 3.63) is 72.8 Å². The van der Waals surface area contributed by atoms with Gasteiger partial charge in [-0.15, -0.1) is 0 Å². The van der Waals surface area contributed by atoms with Gasteiger partial charge in [-0.25, -0.2) is 0 Å². The van der Waals surface area contributed by atoms with Gasteiger partial charge >= 0.3 is 269 Å². The van der Waals surface area contributed by atoms with E-state index in [0.29, 0.717) is 0 Å². The molecule has 3 aromatic rings. The Morgan fingerprint density at radius 3 is 0.650 bits per heavy atom. The molecular formula is C36H54As4. The maximum absolute atomic E-state index is 2.58. The van der Waals surface area contributed by atoms with E-state index in [1.807, 2.05) is 0 Å². The minimum absolute atomic E-state index is 0.762. The summed E-state index contributed by atoms with van der Waals surface area (Å²) in [5.74, 6) is 0. The van der Waals surface area contributed by atoms with Crippen LogP contribution in [-0.2, 0) is 0 Å². The van der Waals surface area contributed by atoms with Gasteiger partial charge < -0.3 is 0 Å². The number of benzene rings is 3. The molecule has 0 nitrogen and oxygen atoms in total. The van der Waals surface area contributed by atoms with Gasteiger partial charge in [0.15, 0.2) is 0 Å². The normalized spacial score (nSPS) is 12.8. The van der Waals surface area contributed by atoms with Crippen LogP contribution < -0.4 is 26.1 Å². The molecule has 0 unspecified atom stereocenters. The van der Waals surface area contributed by atoms with E-state index in [0.717, 1.165) is 28.2 Å². The van der Waals surface area contributed by atoms with Crippen LogP contribution in [0.4, 0.5) is 0 Å². The Morgan fingerprint density at radius 1 is 0.300 bits per heavy atom. The molecule has 0 atom stereocenters. The van der Waals surface area contributed by atoms with Crippen molar-refractivity contribution in [2.24, 2.45) is 0 Å². The molecule has 40 heavy (non-hydrogen) atoms. The first-order valence-corrected chi connectivity index (χ1v) is 27.4. The molecule has 3 rings (SSSR count). The van der Waals surface area contributed by atoms with Crippen LogP contribution in [0.3, 0.4) is 0 Å². The van der Waals surface area contributed by atoms with Gasteiger partial charge in [0.1, 0.15) is 0 Å². The monoisotopic (exact) mass is 786 g/mol. The van der Waals surface area contributed by atoms with Crippen LogP contribution in [0.2, 0.25) is 28.2 Å². The summed E-state index contributed by atoms with van der Waals surface area (Å²) in [6, 6.07) is 29.5. The van der Waals surface area contributed by atoms with Crippen LogP contribution in [0.15, 0.2) is 72.8 Å². The van der Waals surface area contributed by atoms with Crippen LogP contribution in [0, 0.1) is 0 Å². The zero-order chi connectivity index (χ0) is 29.7. The zero-order valence-electron chi connectivity index (χ0n) is 27.2. The Balaban J connectivity index is 2.48. The maximum atomic E-state index is 2.58. The molecule has 0 saturated heterocycles. The van der Waals surface area contributed by atoms with E-state index in [1.54, 1.807) is 26.1 Å². The fourth-order valence-corrected chi connectivity index (χ4v) is 36.8. The average Bonchev–Trinajstić information content (AvgIpc) is 2.86. The van der Waals surface area contributed by atoms with E-state index in [1.165, 1.54) is 0 Å². The first-order valence-electron chi connectivity index (χ1n) is 15.3. The molecule has 0 amide bonds. The summed E-state index contributed by atoms with van der Waals surface area (Å²) in [4.78, 5) is 0. The van der Waals surface area contributed by atoms with Gasteiger partial charge in [-0.2, -0.15) is 0 Å². The molecule has 0 heterocycles. The van der Waals surface area contributed by atoms with E-state index in [-0.39, 0.29) is 0 Å². The molecule has 0 fully saturated rings. The fourth-order valence-electron chi connectivity index (χ4n) is 6.46. The molecular weight excluding hydrogens is 732 g/mol. The fraction of sp³-hybridized carbons (Fsp3) is 0.500. The molecule has 4 heteroatoms. The Bertz CT molecular complexity index is 1040. The number of hydrogen-bond donors (Lipinski definition) is 0. The third-order valence-corrected chi connectivity index (χ3v) is 35.5. The van der Waals surface area contributed by atoms with E-state index >= 15 is 0 Å². The van der Waals surface area contributed by atoms with Gasteiger partial charge in [-0.05, 0) is 0 Å². The summed E-state index contributed by atoms with van der Waals surface area (Å²) in [7, 11) is 0. The molecule has 0 bridgehead atoms. The second kappa shape index (κ2) is 15.6. The zero-order valence-corrected chi connectivity index (χ0v) is 34.7. The van der Waals surface area contributed by atoms with Crippen LogP contribution in [0.5, 0.6) is 0 Å². The molecule has 0 aliphatic carbocycles. The summed E-state index contributed by atoms with van der Waals surface area (Å²) in [6.07, 6.45) is 0. The molecule has 0 saturated carbocycles. The van der Waals surface area contributed by atoms with Gasteiger partial charge in [0.2, 0.25) is 0 Å². The summed E-state index contributed by atoms with van der Waals surface area (Å²) >= 11 is -5.64. The topological polar surface area (TPSA) is 0 Å².